The molecule has 25 heavy (non-hydrogen) atoms. The fraction of sp³-hybridized carbons (Fsp3) is 0.444. The number of thiazole rings is 1. The predicted octanol–water partition coefficient (Wildman–Crippen LogP) is 4.09. The van der Waals surface area contributed by atoms with Gasteiger partial charge in [-0.1, -0.05) is 19.0 Å². The normalized spacial score (nSPS) is 17.8. The lowest BCUT2D eigenvalue weighted by Gasteiger charge is -2.23. The average Bonchev–Trinajstić information content (AvgIpc) is 3.31. The molecule has 1 aliphatic rings. The van der Waals surface area contributed by atoms with Crippen molar-refractivity contribution < 1.29 is 9.32 Å². The van der Waals surface area contributed by atoms with E-state index < -0.39 is 0 Å². The van der Waals surface area contributed by atoms with Crippen LogP contribution in [0.2, 0.25) is 0 Å². The summed E-state index contributed by atoms with van der Waals surface area (Å²) in [5, 5.41) is 8.00. The Morgan fingerprint density at radius 3 is 3.00 bits per heavy atom. The molecule has 6 nitrogen and oxygen atoms in total. The first-order valence-electron chi connectivity index (χ1n) is 8.53. The molecule has 1 atom stereocenters. The summed E-state index contributed by atoms with van der Waals surface area (Å²) in [6, 6.07) is 1.92. The third-order valence-electron chi connectivity index (χ3n) is 4.64. The zero-order valence-electron chi connectivity index (χ0n) is 14.5. The number of likely N-dealkylation sites (tertiary alicyclic amines) is 1. The molecule has 3 aromatic rings. The Hall–Kier alpha value is -2.28. The van der Waals surface area contributed by atoms with Crippen LogP contribution in [0.4, 0.5) is 0 Å². The number of nitrogens with zero attached hydrogens (tertiary/aromatic N) is 4. The van der Waals surface area contributed by atoms with Crippen molar-refractivity contribution in [2.45, 2.75) is 45.6 Å². The minimum Gasteiger partial charge on any atom is -0.336 e. The van der Waals surface area contributed by atoms with E-state index in [4.69, 9.17) is 4.52 Å². The lowest BCUT2D eigenvalue weighted by atomic mass is 10.1. The molecule has 0 saturated carbocycles. The molecule has 1 aliphatic heterocycles. The number of pyridine rings is 1. The van der Waals surface area contributed by atoms with Crippen LogP contribution in [0.5, 0.6) is 0 Å². The maximum Gasteiger partial charge on any atom is 0.257 e. The van der Waals surface area contributed by atoms with E-state index in [1.165, 1.54) is 0 Å². The van der Waals surface area contributed by atoms with Gasteiger partial charge in [0.15, 0.2) is 0 Å². The van der Waals surface area contributed by atoms with Gasteiger partial charge in [-0.3, -0.25) is 4.79 Å². The molecule has 4 rings (SSSR count). The molecule has 1 unspecified atom stereocenters. The second-order valence-corrected chi connectivity index (χ2v) is 7.81. The number of hydrogen-bond donors (Lipinski definition) is 0. The van der Waals surface area contributed by atoms with Crippen molar-refractivity contribution >= 4 is 28.3 Å². The number of aromatic nitrogens is 3. The second-order valence-electron chi connectivity index (χ2n) is 6.75. The van der Waals surface area contributed by atoms with Crippen LogP contribution in [0.25, 0.3) is 11.1 Å². The first kappa shape index (κ1) is 16.2. The maximum atomic E-state index is 13.1. The monoisotopic (exact) mass is 356 g/mol. The third-order valence-corrected chi connectivity index (χ3v) is 5.43. The molecule has 0 aliphatic carbocycles. The summed E-state index contributed by atoms with van der Waals surface area (Å²) >= 11 is 1.63. The minimum absolute atomic E-state index is 0.00143. The molecule has 0 aromatic carbocycles. The summed E-state index contributed by atoms with van der Waals surface area (Å²) in [4.78, 5) is 23.9. The average molecular weight is 356 g/mol. The molecule has 0 spiro atoms. The Balaban J connectivity index is 1.68. The van der Waals surface area contributed by atoms with Gasteiger partial charge in [-0.05, 0) is 31.7 Å². The van der Waals surface area contributed by atoms with Crippen LogP contribution >= 0.6 is 11.3 Å². The Bertz CT molecular complexity index is 930. The quantitative estimate of drug-likeness (QED) is 0.707. The van der Waals surface area contributed by atoms with Gasteiger partial charge in [0, 0.05) is 18.1 Å². The van der Waals surface area contributed by atoms with Gasteiger partial charge in [0.05, 0.1) is 33.4 Å². The van der Waals surface area contributed by atoms with E-state index in [1.54, 1.807) is 17.5 Å². The topological polar surface area (TPSA) is 72.1 Å². The van der Waals surface area contributed by atoms with Crippen molar-refractivity contribution in [3.05, 3.63) is 39.6 Å². The zero-order valence-corrected chi connectivity index (χ0v) is 15.3. The second kappa shape index (κ2) is 6.22. The molecule has 0 bridgehead atoms. The standard InChI is InChI=1S/C18H20N4O2S/c1-10(2)16-13-7-12(8-19-17(13)24-21-16)18(23)22-6-4-5-15(22)14-9-25-11(3)20-14/h7-10,15H,4-6H2,1-3H3. The van der Waals surface area contributed by atoms with Crippen molar-refractivity contribution in [1.29, 1.82) is 0 Å². The Morgan fingerprint density at radius 2 is 2.28 bits per heavy atom. The van der Waals surface area contributed by atoms with Crippen molar-refractivity contribution in [3.8, 4) is 0 Å². The molecule has 3 aromatic heterocycles. The Kier molecular flexibility index (Phi) is 4.03. The number of aryl methyl sites for hydroxylation is 1. The Morgan fingerprint density at radius 1 is 1.44 bits per heavy atom. The number of carbonyl (C=O) groups is 1. The number of rotatable bonds is 3. The zero-order chi connectivity index (χ0) is 17.6. The highest BCUT2D eigenvalue weighted by atomic mass is 32.1. The maximum absolute atomic E-state index is 13.1. The highest BCUT2D eigenvalue weighted by molar-refractivity contribution is 7.09. The fourth-order valence-electron chi connectivity index (χ4n) is 3.40. The van der Waals surface area contributed by atoms with E-state index in [0.717, 1.165) is 41.2 Å². The molecule has 7 heteroatoms. The van der Waals surface area contributed by atoms with Crippen LogP contribution in [0, 0.1) is 6.92 Å². The highest BCUT2D eigenvalue weighted by Crippen LogP contribution is 2.34. The summed E-state index contributed by atoms with van der Waals surface area (Å²) in [5.41, 5.74) is 2.89. The predicted molar refractivity (Wildman–Crippen MR) is 95.8 cm³/mol. The van der Waals surface area contributed by atoms with E-state index in [9.17, 15) is 4.79 Å². The summed E-state index contributed by atoms with van der Waals surface area (Å²) in [6.45, 7) is 6.84. The van der Waals surface area contributed by atoms with Crippen molar-refractivity contribution in [3.63, 3.8) is 0 Å². The van der Waals surface area contributed by atoms with Crippen LogP contribution in [-0.2, 0) is 0 Å². The number of hydrogen-bond acceptors (Lipinski definition) is 6. The SMILES string of the molecule is Cc1nc(C2CCCN2C(=O)c2cnc3onc(C(C)C)c3c2)cs1. The molecule has 4 heterocycles. The summed E-state index contributed by atoms with van der Waals surface area (Å²) < 4.78 is 5.27. The lowest BCUT2D eigenvalue weighted by molar-refractivity contribution is 0.0733. The smallest absolute Gasteiger partial charge is 0.257 e. The molecule has 1 amide bonds. The molecule has 130 valence electrons. The van der Waals surface area contributed by atoms with Gasteiger partial charge in [-0.15, -0.1) is 11.3 Å². The summed E-state index contributed by atoms with van der Waals surface area (Å²) in [6.07, 6.45) is 3.53. The highest BCUT2D eigenvalue weighted by Gasteiger charge is 2.32. The lowest BCUT2D eigenvalue weighted by Crippen LogP contribution is -2.30. The molecule has 1 fully saturated rings. The largest absolute Gasteiger partial charge is 0.336 e. The molecule has 1 saturated heterocycles. The van der Waals surface area contributed by atoms with Gasteiger partial charge < -0.3 is 9.42 Å². The van der Waals surface area contributed by atoms with Crippen molar-refractivity contribution in [1.82, 2.24) is 20.0 Å². The first-order chi connectivity index (χ1) is 12.0. The third kappa shape index (κ3) is 2.82. The Labute approximate surface area is 149 Å². The number of amides is 1. The van der Waals surface area contributed by atoms with Gasteiger partial charge in [0.25, 0.3) is 11.6 Å². The van der Waals surface area contributed by atoms with Gasteiger partial charge in [0.1, 0.15) is 0 Å². The summed E-state index contributed by atoms with van der Waals surface area (Å²) in [5.74, 6) is 0.212. The molecule has 0 N–H and O–H groups in total. The van der Waals surface area contributed by atoms with E-state index >= 15 is 0 Å². The van der Waals surface area contributed by atoms with Gasteiger partial charge in [-0.25, -0.2) is 9.97 Å². The first-order valence-corrected chi connectivity index (χ1v) is 9.41. The molecular weight excluding hydrogens is 336 g/mol. The summed E-state index contributed by atoms with van der Waals surface area (Å²) in [7, 11) is 0. The molecule has 0 radical (unpaired) electrons. The van der Waals surface area contributed by atoms with E-state index in [1.807, 2.05) is 31.7 Å². The van der Waals surface area contributed by atoms with Crippen molar-refractivity contribution in [2.24, 2.45) is 0 Å². The van der Waals surface area contributed by atoms with Crippen LogP contribution in [0.15, 0.2) is 22.2 Å². The van der Waals surface area contributed by atoms with Crippen LogP contribution in [0.3, 0.4) is 0 Å². The van der Waals surface area contributed by atoms with E-state index in [0.29, 0.717) is 11.3 Å². The fourth-order valence-corrected chi connectivity index (χ4v) is 4.06. The van der Waals surface area contributed by atoms with Gasteiger partial charge >= 0.3 is 0 Å². The van der Waals surface area contributed by atoms with Gasteiger partial charge in [0.2, 0.25) is 0 Å². The minimum atomic E-state index is -0.00143. The van der Waals surface area contributed by atoms with Crippen molar-refractivity contribution in [2.75, 3.05) is 6.54 Å². The molecular formula is C18H20N4O2S. The van der Waals surface area contributed by atoms with Crippen LogP contribution in [0.1, 0.15) is 65.4 Å². The van der Waals surface area contributed by atoms with E-state index in [-0.39, 0.29) is 17.9 Å². The van der Waals surface area contributed by atoms with Gasteiger partial charge in [-0.2, -0.15) is 0 Å². The van der Waals surface area contributed by atoms with Crippen LogP contribution < -0.4 is 0 Å². The van der Waals surface area contributed by atoms with Crippen LogP contribution in [-0.4, -0.2) is 32.5 Å². The number of carbonyl (C=O) groups excluding carboxylic acids is 1. The van der Waals surface area contributed by atoms with E-state index in [2.05, 4.69) is 20.5 Å². The number of fused-ring (bicyclic) bond motifs is 1.